The molecule has 2 aliphatic heterocycles. The molecule has 0 bridgehead atoms. The smallest absolute Gasteiger partial charge is 0.261 e. The zero-order chi connectivity index (χ0) is 19.8. The Bertz CT molecular complexity index is 789. The van der Waals surface area contributed by atoms with Gasteiger partial charge in [-0.15, -0.1) is 0 Å². The molecule has 2 aliphatic rings. The number of nitrogens with zero attached hydrogens (tertiary/aromatic N) is 1. The zero-order valence-electron chi connectivity index (χ0n) is 16.4. The molecule has 0 saturated heterocycles. The van der Waals surface area contributed by atoms with Gasteiger partial charge in [0.1, 0.15) is 0 Å². The van der Waals surface area contributed by atoms with Crippen LogP contribution < -0.4 is 10.6 Å². The van der Waals surface area contributed by atoms with E-state index in [1.54, 1.807) is 24.3 Å². The molecule has 144 valence electrons. The first-order valence-corrected chi connectivity index (χ1v) is 9.34. The minimum atomic E-state index is -0.256. The first-order valence-electron chi connectivity index (χ1n) is 9.34. The van der Waals surface area contributed by atoms with Crippen LogP contribution in [0.4, 0.5) is 0 Å². The summed E-state index contributed by atoms with van der Waals surface area (Å²) in [5, 5.41) is 6.39. The van der Waals surface area contributed by atoms with Gasteiger partial charge in [0.15, 0.2) is 0 Å². The second-order valence-electron chi connectivity index (χ2n) is 8.33. The van der Waals surface area contributed by atoms with Gasteiger partial charge in [0.25, 0.3) is 11.8 Å². The van der Waals surface area contributed by atoms with Crippen LogP contribution in [0.2, 0.25) is 0 Å². The van der Waals surface area contributed by atoms with Crippen LogP contribution in [0.1, 0.15) is 61.3 Å². The van der Waals surface area contributed by atoms with Crippen molar-refractivity contribution in [1.29, 1.82) is 0 Å². The van der Waals surface area contributed by atoms with Gasteiger partial charge >= 0.3 is 0 Å². The van der Waals surface area contributed by atoms with Gasteiger partial charge in [-0.2, -0.15) is 0 Å². The average molecular weight is 369 g/mol. The van der Waals surface area contributed by atoms with Gasteiger partial charge < -0.3 is 5.32 Å². The van der Waals surface area contributed by atoms with Gasteiger partial charge in [0.05, 0.1) is 11.1 Å². The van der Waals surface area contributed by atoms with Crippen molar-refractivity contribution in [2.24, 2.45) is 0 Å². The van der Waals surface area contributed by atoms with Gasteiger partial charge in [0.2, 0.25) is 5.91 Å². The normalized spacial score (nSPS) is 19.9. The summed E-state index contributed by atoms with van der Waals surface area (Å²) in [7, 11) is 0. The summed E-state index contributed by atoms with van der Waals surface area (Å²) in [4.78, 5) is 38.1. The minimum Gasteiger partial charge on any atom is -0.356 e. The molecule has 3 amide bonds. The van der Waals surface area contributed by atoms with Crippen LogP contribution >= 0.6 is 0 Å². The summed E-state index contributed by atoms with van der Waals surface area (Å²) >= 11 is 0. The Morgan fingerprint density at radius 1 is 1.07 bits per heavy atom. The first kappa shape index (κ1) is 19.3. The van der Waals surface area contributed by atoms with Crippen molar-refractivity contribution in [1.82, 2.24) is 15.5 Å². The van der Waals surface area contributed by atoms with E-state index < -0.39 is 0 Å². The molecule has 1 aromatic rings. The molecular formula is C21H27N3O3. The lowest BCUT2D eigenvalue weighted by Gasteiger charge is -2.28. The number of hydrogen-bond donors (Lipinski definition) is 2. The summed E-state index contributed by atoms with van der Waals surface area (Å²) in [6.45, 7) is 9.04. The Hall–Kier alpha value is -2.47. The maximum atomic E-state index is 12.3. The number of imide groups is 1. The van der Waals surface area contributed by atoms with Gasteiger partial charge in [-0.05, 0) is 51.8 Å². The van der Waals surface area contributed by atoms with Crippen LogP contribution in [-0.4, -0.2) is 46.8 Å². The molecule has 27 heavy (non-hydrogen) atoms. The summed E-state index contributed by atoms with van der Waals surface area (Å²) in [6, 6.07) is 6.85. The number of carbonyl (C=O) groups excluding carboxylic acids is 3. The topological polar surface area (TPSA) is 78.5 Å². The Morgan fingerprint density at radius 2 is 1.67 bits per heavy atom. The third-order valence-electron chi connectivity index (χ3n) is 5.08. The van der Waals surface area contributed by atoms with Crippen molar-refractivity contribution in [3.8, 4) is 0 Å². The number of carbonyl (C=O) groups is 3. The third kappa shape index (κ3) is 3.95. The van der Waals surface area contributed by atoms with E-state index in [0.717, 1.165) is 5.57 Å². The lowest BCUT2D eigenvalue weighted by Crippen LogP contribution is -2.46. The average Bonchev–Trinajstić information content (AvgIpc) is 2.94. The SMILES string of the molecule is CC1(C)C=C(CC(=O)NCCCN2C(=O)c3ccccc3C2=O)C(C)(C)N1. The van der Waals surface area contributed by atoms with Crippen LogP contribution in [0.3, 0.4) is 0 Å². The predicted molar refractivity (Wildman–Crippen MR) is 103 cm³/mol. The maximum absolute atomic E-state index is 12.3. The highest BCUT2D eigenvalue weighted by molar-refractivity contribution is 6.21. The van der Waals surface area contributed by atoms with Crippen LogP contribution in [0.5, 0.6) is 0 Å². The number of nitrogens with one attached hydrogen (secondary N) is 2. The van der Waals surface area contributed by atoms with Gasteiger partial charge in [-0.1, -0.05) is 18.2 Å². The van der Waals surface area contributed by atoms with Gasteiger partial charge in [-0.25, -0.2) is 0 Å². The molecule has 0 aromatic heterocycles. The molecule has 0 aliphatic carbocycles. The van der Waals surface area contributed by atoms with E-state index in [9.17, 15) is 14.4 Å². The van der Waals surface area contributed by atoms with Crippen molar-refractivity contribution >= 4 is 17.7 Å². The largest absolute Gasteiger partial charge is 0.356 e. The van der Waals surface area contributed by atoms with Gasteiger partial charge in [-0.3, -0.25) is 24.6 Å². The van der Waals surface area contributed by atoms with Crippen molar-refractivity contribution in [2.45, 2.75) is 51.6 Å². The van der Waals surface area contributed by atoms with Crippen LogP contribution in [0, 0.1) is 0 Å². The molecule has 0 atom stereocenters. The quantitative estimate of drug-likeness (QED) is 0.458. The van der Waals surface area contributed by atoms with Crippen molar-refractivity contribution in [3.05, 3.63) is 47.0 Å². The summed E-state index contributed by atoms with van der Waals surface area (Å²) in [6.07, 6.45) is 2.99. The Balaban J connectivity index is 1.47. The lowest BCUT2D eigenvalue weighted by molar-refractivity contribution is -0.120. The molecule has 0 spiro atoms. The van der Waals surface area contributed by atoms with Crippen molar-refractivity contribution in [2.75, 3.05) is 13.1 Å². The van der Waals surface area contributed by atoms with Crippen molar-refractivity contribution < 1.29 is 14.4 Å². The molecule has 0 fully saturated rings. The molecule has 2 N–H and O–H groups in total. The molecule has 0 unspecified atom stereocenters. The second-order valence-corrected chi connectivity index (χ2v) is 8.33. The molecule has 0 radical (unpaired) electrons. The van der Waals surface area contributed by atoms with E-state index in [2.05, 4.69) is 44.4 Å². The van der Waals surface area contributed by atoms with E-state index in [-0.39, 0.29) is 28.8 Å². The fourth-order valence-corrected chi connectivity index (χ4v) is 3.95. The summed E-state index contributed by atoms with van der Waals surface area (Å²) in [5.74, 6) is -0.558. The highest BCUT2D eigenvalue weighted by atomic mass is 16.2. The third-order valence-corrected chi connectivity index (χ3v) is 5.08. The molecule has 6 nitrogen and oxygen atoms in total. The lowest BCUT2D eigenvalue weighted by atomic mass is 9.94. The molecule has 3 rings (SSSR count). The van der Waals surface area contributed by atoms with Crippen LogP contribution in [0.25, 0.3) is 0 Å². The Kier molecular flexibility index (Phi) is 4.95. The van der Waals surface area contributed by atoms with E-state index in [0.29, 0.717) is 37.1 Å². The highest BCUT2D eigenvalue weighted by Crippen LogP contribution is 2.31. The zero-order valence-corrected chi connectivity index (χ0v) is 16.4. The standard InChI is InChI=1S/C21H27N3O3/c1-20(2)13-14(21(3,4)23-20)12-17(25)22-10-7-11-24-18(26)15-8-5-6-9-16(15)19(24)27/h5-6,8-9,13,23H,7,10-12H2,1-4H3,(H,22,25). The minimum absolute atomic E-state index is 0.0452. The molecular weight excluding hydrogens is 342 g/mol. The van der Waals surface area contributed by atoms with E-state index >= 15 is 0 Å². The van der Waals surface area contributed by atoms with Crippen molar-refractivity contribution in [3.63, 3.8) is 0 Å². The van der Waals surface area contributed by atoms with E-state index in [1.165, 1.54) is 4.90 Å². The number of fused-ring (bicyclic) bond motifs is 1. The summed E-state index contributed by atoms with van der Waals surface area (Å²) in [5.41, 5.74) is 1.66. The fourth-order valence-electron chi connectivity index (χ4n) is 3.95. The van der Waals surface area contributed by atoms with Crippen LogP contribution in [0.15, 0.2) is 35.9 Å². The number of amides is 3. The van der Waals surface area contributed by atoms with E-state index in [4.69, 9.17) is 0 Å². The molecule has 0 saturated carbocycles. The highest BCUT2D eigenvalue weighted by Gasteiger charge is 2.37. The van der Waals surface area contributed by atoms with Gasteiger partial charge in [0, 0.05) is 30.6 Å². The monoisotopic (exact) mass is 369 g/mol. The second kappa shape index (κ2) is 6.93. The number of hydrogen-bond acceptors (Lipinski definition) is 4. The number of rotatable bonds is 6. The Morgan fingerprint density at radius 3 is 2.19 bits per heavy atom. The number of benzene rings is 1. The van der Waals surface area contributed by atoms with Crippen LogP contribution in [-0.2, 0) is 4.79 Å². The molecule has 1 aromatic carbocycles. The van der Waals surface area contributed by atoms with E-state index in [1.807, 2.05) is 0 Å². The fraction of sp³-hybridized carbons (Fsp3) is 0.476. The predicted octanol–water partition coefficient (Wildman–Crippen LogP) is 2.27. The maximum Gasteiger partial charge on any atom is 0.261 e. The first-order chi connectivity index (χ1) is 12.6. The molecule has 2 heterocycles. The Labute approximate surface area is 160 Å². The summed E-state index contributed by atoms with van der Waals surface area (Å²) < 4.78 is 0. The molecule has 6 heteroatoms.